The van der Waals surface area contributed by atoms with Crippen molar-refractivity contribution in [1.82, 2.24) is 4.90 Å². The largest absolute Gasteiger partial charge is 0.490 e. The van der Waals surface area contributed by atoms with Crippen molar-refractivity contribution in [3.8, 4) is 11.5 Å². The van der Waals surface area contributed by atoms with Crippen LogP contribution in [-0.4, -0.2) is 30.1 Å². The fourth-order valence-electron chi connectivity index (χ4n) is 3.51. The Labute approximate surface area is 137 Å². The Hall–Kier alpha value is -1.71. The molecule has 1 aliphatic heterocycles. The summed E-state index contributed by atoms with van der Waals surface area (Å²) in [5.74, 6) is 2.26. The second-order valence-corrected chi connectivity index (χ2v) is 7.04. The number of hydrogen-bond donors (Lipinski definition) is 0. The zero-order valence-corrected chi connectivity index (χ0v) is 13.8. The van der Waals surface area contributed by atoms with Crippen molar-refractivity contribution < 1.29 is 14.3 Å². The Morgan fingerprint density at radius 2 is 1.83 bits per heavy atom. The van der Waals surface area contributed by atoms with Gasteiger partial charge in [-0.05, 0) is 50.3 Å². The molecule has 3 aliphatic rings. The van der Waals surface area contributed by atoms with E-state index in [1.165, 1.54) is 6.42 Å². The number of benzene rings is 1. The first-order chi connectivity index (χ1) is 11.2. The van der Waals surface area contributed by atoms with Crippen LogP contribution >= 0.6 is 0 Å². The smallest absolute Gasteiger partial charge is 0.226 e. The number of hydrogen-bond acceptors (Lipinski definition) is 3. The van der Waals surface area contributed by atoms with Crippen molar-refractivity contribution in [3.63, 3.8) is 0 Å². The van der Waals surface area contributed by atoms with Crippen LogP contribution in [0.15, 0.2) is 18.2 Å². The van der Waals surface area contributed by atoms with Crippen molar-refractivity contribution in [1.29, 1.82) is 0 Å². The molecule has 4 heteroatoms. The summed E-state index contributed by atoms with van der Waals surface area (Å²) in [6.45, 7) is 3.54. The minimum atomic E-state index is 0.104. The van der Waals surface area contributed by atoms with E-state index < -0.39 is 0 Å². The van der Waals surface area contributed by atoms with Crippen LogP contribution in [-0.2, 0) is 4.79 Å². The maximum atomic E-state index is 12.8. The summed E-state index contributed by atoms with van der Waals surface area (Å²) < 4.78 is 11.5. The highest BCUT2D eigenvalue weighted by Crippen LogP contribution is 2.41. The zero-order chi connectivity index (χ0) is 15.8. The monoisotopic (exact) mass is 315 g/mol. The van der Waals surface area contributed by atoms with Crippen molar-refractivity contribution in [3.05, 3.63) is 23.8 Å². The molecule has 124 valence electrons. The summed E-state index contributed by atoms with van der Waals surface area (Å²) in [6, 6.07) is 6.68. The highest BCUT2D eigenvalue weighted by atomic mass is 16.5. The molecule has 0 aromatic heterocycles. The lowest BCUT2D eigenvalue weighted by atomic mass is 9.84. The fraction of sp³-hybridized carbons (Fsp3) is 0.632. The molecule has 4 rings (SSSR count). The molecule has 0 bridgehead atoms. The van der Waals surface area contributed by atoms with Gasteiger partial charge >= 0.3 is 0 Å². The normalized spacial score (nSPS) is 22.0. The Bertz CT molecular complexity index is 592. The summed E-state index contributed by atoms with van der Waals surface area (Å²) in [5.41, 5.74) is 1.15. The predicted octanol–water partition coefficient (Wildman–Crippen LogP) is 3.70. The fourth-order valence-corrected chi connectivity index (χ4v) is 3.51. The van der Waals surface area contributed by atoms with Crippen LogP contribution in [0.3, 0.4) is 0 Å². The van der Waals surface area contributed by atoms with E-state index >= 15 is 0 Å². The van der Waals surface area contributed by atoms with Crippen molar-refractivity contribution in [2.24, 2.45) is 5.92 Å². The summed E-state index contributed by atoms with van der Waals surface area (Å²) in [6.07, 6.45) is 6.54. The van der Waals surface area contributed by atoms with E-state index in [1.54, 1.807) is 0 Å². The van der Waals surface area contributed by atoms with E-state index in [9.17, 15) is 4.79 Å². The Kier molecular flexibility index (Phi) is 3.92. The standard InChI is InChI=1S/C19H25NO3/c1-13(20(16-7-8-16)19(21)14-4-2-5-14)15-6-9-17-18(12-15)23-11-3-10-22-17/h6,9,12-14,16H,2-5,7-8,10-11H2,1H3. The van der Waals surface area contributed by atoms with E-state index in [2.05, 4.69) is 24.0 Å². The van der Waals surface area contributed by atoms with Crippen LogP contribution in [0, 0.1) is 5.92 Å². The molecule has 1 heterocycles. The molecule has 23 heavy (non-hydrogen) atoms. The van der Waals surface area contributed by atoms with Gasteiger partial charge in [0.2, 0.25) is 5.91 Å². The number of fused-ring (bicyclic) bond motifs is 1. The van der Waals surface area contributed by atoms with Gasteiger partial charge in [0, 0.05) is 18.4 Å². The minimum Gasteiger partial charge on any atom is -0.490 e. The third kappa shape index (κ3) is 2.91. The zero-order valence-electron chi connectivity index (χ0n) is 13.8. The van der Waals surface area contributed by atoms with Crippen LogP contribution < -0.4 is 9.47 Å². The van der Waals surface area contributed by atoms with E-state index in [4.69, 9.17) is 9.47 Å². The van der Waals surface area contributed by atoms with Crippen molar-refractivity contribution in [2.75, 3.05) is 13.2 Å². The third-order valence-electron chi connectivity index (χ3n) is 5.32. The Morgan fingerprint density at radius 1 is 1.09 bits per heavy atom. The topological polar surface area (TPSA) is 38.8 Å². The molecule has 4 nitrogen and oxygen atoms in total. The van der Waals surface area contributed by atoms with Gasteiger partial charge in [-0.1, -0.05) is 12.5 Å². The van der Waals surface area contributed by atoms with Crippen LogP contribution in [0.5, 0.6) is 11.5 Å². The first-order valence-corrected chi connectivity index (χ1v) is 8.96. The van der Waals surface area contributed by atoms with Gasteiger partial charge in [0.25, 0.3) is 0 Å². The average Bonchev–Trinajstić information content (AvgIpc) is 3.31. The molecule has 1 amide bonds. The van der Waals surface area contributed by atoms with Crippen LogP contribution in [0.1, 0.15) is 57.1 Å². The summed E-state index contributed by atoms with van der Waals surface area (Å²) in [7, 11) is 0. The molecule has 1 atom stereocenters. The number of carbonyl (C=O) groups excluding carboxylic acids is 1. The molecular formula is C19H25NO3. The molecular weight excluding hydrogens is 290 g/mol. The van der Waals surface area contributed by atoms with Gasteiger partial charge in [0.15, 0.2) is 11.5 Å². The molecule has 0 radical (unpaired) electrons. The number of carbonyl (C=O) groups is 1. The molecule has 1 aromatic rings. The molecule has 2 fully saturated rings. The second kappa shape index (κ2) is 6.06. The van der Waals surface area contributed by atoms with Gasteiger partial charge in [-0.3, -0.25) is 4.79 Å². The quantitative estimate of drug-likeness (QED) is 0.850. The van der Waals surface area contributed by atoms with E-state index in [1.807, 2.05) is 6.07 Å². The summed E-state index contributed by atoms with van der Waals surface area (Å²) >= 11 is 0. The average molecular weight is 315 g/mol. The minimum absolute atomic E-state index is 0.104. The first kappa shape index (κ1) is 14.9. The maximum absolute atomic E-state index is 12.8. The molecule has 0 spiro atoms. The van der Waals surface area contributed by atoms with Gasteiger partial charge in [0.1, 0.15) is 0 Å². The molecule has 2 saturated carbocycles. The van der Waals surface area contributed by atoms with Crippen molar-refractivity contribution >= 4 is 5.91 Å². The summed E-state index contributed by atoms with van der Waals surface area (Å²) in [5, 5.41) is 0. The van der Waals surface area contributed by atoms with Gasteiger partial charge in [-0.15, -0.1) is 0 Å². The lowest BCUT2D eigenvalue weighted by molar-refractivity contribution is -0.141. The molecule has 1 aromatic carbocycles. The predicted molar refractivity (Wildman–Crippen MR) is 87.7 cm³/mol. The van der Waals surface area contributed by atoms with E-state index in [0.29, 0.717) is 25.2 Å². The SMILES string of the molecule is CC(c1ccc2c(c1)OCCCO2)N(C(=O)C1CCC1)C1CC1. The van der Waals surface area contributed by atoms with Crippen molar-refractivity contribution in [2.45, 2.75) is 57.5 Å². The summed E-state index contributed by atoms with van der Waals surface area (Å²) in [4.78, 5) is 15.0. The van der Waals surface area contributed by atoms with Crippen LogP contribution in [0.4, 0.5) is 0 Å². The highest BCUT2D eigenvalue weighted by Gasteiger charge is 2.40. The number of ether oxygens (including phenoxy) is 2. The molecule has 1 unspecified atom stereocenters. The number of nitrogens with zero attached hydrogens (tertiary/aromatic N) is 1. The first-order valence-electron chi connectivity index (χ1n) is 8.96. The second-order valence-electron chi connectivity index (χ2n) is 7.04. The Morgan fingerprint density at radius 3 is 2.48 bits per heavy atom. The number of amides is 1. The van der Waals surface area contributed by atoms with Gasteiger partial charge in [-0.2, -0.15) is 0 Å². The Balaban J connectivity index is 1.57. The highest BCUT2D eigenvalue weighted by molar-refractivity contribution is 5.80. The van der Waals surface area contributed by atoms with Crippen LogP contribution in [0.2, 0.25) is 0 Å². The third-order valence-corrected chi connectivity index (χ3v) is 5.32. The van der Waals surface area contributed by atoms with Gasteiger partial charge in [0.05, 0.1) is 19.3 Å². The van der Waals surface area contributed by atoms with Gasteiger partial charge in [-0.25, -0.2) is 0 Å². The number of rotatable bonds is 4. The maximum Gasteiger partial charge on any atom is 0.226 e. The van der Waals surface area contributed by atoms with E-state index in [0.717, 1.165) is 49.2 Å². The molecule has 0 saturated heterocycles. The molecule has 2 aliphatic carbocycles. The lowest BCUT2D eigenvalue weighted by Gasteiger charge is -2.36. The van der Waals surface area contributed by atoms with E-state index in [-0.39, 0.29) is 12.0 Å². The lowest BCUT2D eigenvalue weighted by Crippen LogP contribution is -2.41. The van der Waals surface area contributed by atoms with Crippen LogP contribution in [0.25, 0.3) is 0 Å². The van der Waals surface area contributed by atoms with Gasteiger partial charge < -0.3 is 14.4 Å². The molecule has 0 N–H and O–H groups in total.